The van der Waals surface area contributed by atoms with Crippen molar-refractivity contribution < 1.29 is 17.9 Å². The van der Waals surface area contributed by atoms with Gasteiger partial charge in [-0.1, -0.05) is 0 Å². The summed E-state index contributed by atoms with van der Waals surface area (Å²) in [6, 6.07) is 6.91. The highest BCUT2D eigenvalue weighted by atomic mass is 32.2. The molecule has 1 aliphatic carbocycles. The summed E-state index contributed by atoms with van der Waals surface area (Å²) in [6.45, 7) is 2.89. The fourth-order valence-corrected chi connectivity index (χ4v) is 5.08. The molecule has 1 N–H and O–H groups in total. The minimum Gasteiger partial charge on any atom is -0.494 e. The topological polar surface area (TPSA) is 75.7 Å². The highest BCUT2D eigenvalue weighted by Gasteiger charge is 2.74. The number of benzene rings is 1. The summed E-state index contributed by atoms with van der Waals surface area (Å²) < 4.78 is 29.9. The van der Waals surface area contributed by atoms with E-state index < -0.39 is 20.7 Å². The number of nitrogens with zero attached hydrogens (tertiary/aromatic N) is 1. The van der Waals surface area contributed by atoms with Crippen molar-refractivity contribution in [3.8, 4) is 5.75 Å². The number of sulfonamides is 1. The first-order chi connectivity index (χ1) is 9.91. The number of carbonyl (C=O) groups excluding carboxylic acids is 1. The summed E-state index contributed by atoms with van der Waals surface area (Å²) in [5, 5.41) is 2.71. The molecular weight excluding hydrogens is 292 g/mol. The highest BCUT2D eigenvalue weighted by Crippen LogP contribution is 2.57. The van der Waals surface area contributed by atoms with Crippen LogP contribution in [-0.2, 0) is 14.8 Å². The van der Waals surface area contributed by atoms with E-state index in [1.54, 1.807) is 24.3 Å². The van der Waals surface area contributed by atoms with Crippen molar-refractivity contribution in [2.24, 2.45) is 5.92 Å². The van der Waals surface area contributed by atoms with Gasteiger partial charge in [-0.15, -0.1) is 0 Å². The van der Waals surface area contributed by atoms with Gasteiger partial charge in [-0.3, -0.25) is 4.79 Å². The van der Waals surface area contributed by atoms with Gasteiger partial charge in [0.25, 0.3) is 0 Å². The van der Waals surface area contributed by atoms with Gasteiger partial charge in [0.1, 0.15) is 5.75 Å². The van der Waals surface area contributed by atoms with Crippen molar-refractivity contribution in [2.75, 3.05) is 25.5 Å². The standard InChI is InChI=1S/C14H18N2O4S/c1-3-20-12-6-4-11(5-7-12)15-13(17)14-8-10(14)9-16(2)21(14,18)19/h4-7,10H,3,8-9H2,1-2H3,(H,15,17)/t10-,14+/m1/s1. The highest BCUT2D eigenvalue weighted by molar-refractivity contribution is 7.92. The van der Waals surface area contributed by atoms with E-state index >= 15 is 0 Å². The Morgan fingerprint density at radius 3 is 2.62 bits per heavy atom. The maximum atomic E-state index is 12.4. The van der Waals surface area contributed by atoms with Crippen LogP contribution in [0, 0.1) is 5.92 Å². The number of carbonyl (C=O) groups is 1. The van der Waals surface area contributed by atoms with Crippen molar-refractivity contribution in [1.82, 2.24) is 4.31 Å². The van der Waals surface area contributed by atoms with Crippen molar-refractivity contribution in [3.63, 3.8) is 0 Å². The van der Waals surface area contributed by atoms with Crippen LogP contribution in [0.25, 0.3) is 0 Å². The average Bonchev–Trinajstić information content (AvgIpc) is 3.12. The Labute approximate surface area is 124 Å². The zero-order valence-electron chi connectivity index (χ0n) is 12.0. The SMILES string of the molecule is CCOc1ccc(NC(=O)[C@]23C[C@@H]2CN(C)S3(=O)=O)cc1. The van der Waals surface area contributed by atoms with Crippen molar-refractivity contribution in [2.45, 2.75) is 18.1 Å². The van der Waals surface area contributed by atoms with Gasteiger partial charge in [-0.2, -0.15) is 0 Å². The van der Waals surface area contributed by atoms with Gasteiger partial charge in [-0.05, 0) is 37.6 Å². The fourth-order valence-electron chi connectivity index (χ4n) is 2.95. The third kappa shape index (κ3) is 2.03. The van der Waals surface area contributed by atoms with Gasteiger partial charge in [0.15, 0.2) is 4.75 Å². The van der Waals surface area contributed by atoms with Gasteiger partial charge < -0.3 is 10.1 Å². The summed E-state index contributed by atoms with van der Waals surface area (Å²) in [6.07, 6.45) is 0.419. The third-order valence-electron chi connectivity index (χ3n) is 4.20. The molecular formula is C14H18N2O4S. The number of rotatable bonds is 4. The number of anilines is 1. The van der Waals surface area contributed by atoms with Crippen LogP contribution in [0.2, 0.25) is 0 Å². The summed E-state index contributed by atoms with van der Waals surface area (Å²) in [5.41, 5.74) is 0.577. The molecule has 2 fully saturated rings. The minimum absolute atomic E-state index is 0.0878. The Morgan fingerprint density at radius 1 is 1.43 bits per heavy atom. The van der Waals surface area contributed by atoms with Crippen molar-refractivity contribution in [1.29, 1.82) is 0 Å². The van der Waals surface area contributed by atoms with E-state index in [2.05, 4.69) is 5.32 Å². The van der Waals surface area contributed by atoms with Crippen LogP contribution in [0.5, 0.6) is 5.75 Å². The normalized spacial score (nSPS) is 29.7. The predicted octanol–water partition coefficient (Wildman–Crippen LogP) is 1.06. The summed E-state index contributed by atoms with van der Waals surface area (Å²) in [4.78, 5) is 12.4. The lowest BCUT2D eigenvalue weighted by Crippen LogP contribution is -2.40. The van der Waals surface area contributed by atoms with Gasteiger partial charge in [0.2, 0.25) is 15.9 Å². The summed E-state index contributed by atoms with van der Waals surface area (Å²) >= 11 is 0. The second-order valence-electron chi connectivity index (χ2n) is 5.49. The molecule has 1 aromatic rings. The third-order valence-corrected chi connectivity index (χ3v) is 6.78. The van der Waals surface area contributed by atoms with Gasteiger partial charge in [0, 0.05) is 25.2 Å². The first kappa shape index (κ1) is 14.3. The molecule has 1 heterocycles. The molecule has 2 aliphatic rings. The molecule has 2 atom stereocenters. The Morgan fingerprint density at radius 2 is 2.10 bits per heavy atom. The zero-order valence-corrected chi connectivity index (χ0v) is 12.8. The van der Waals surface area contributed by atoms with Crippen molar-refractivity contribution in [3.05, 3.63) is 24.3 Å². The molecule has 1 amide bonds. The summed E-state index contributed by atoms with van der Waals surface area (Å²) in [5.74, 6) is 0.197. The molecule has 0 aromatic heterocycles. The van der Waals surface area contributed by atoms with Crippen LogP contribution in [0.3, 0.4) is 0 Å². The lowest BCUT2D eigenvalue weighted by atomic mass is 10.2. The molecule has 0 spiro atoms. The molecule has 0 radical (unpaired) electrons. The van der Waals surface area contributed by atoms with E-state index in [4.69, 9.17) is 4.74 Å². The number of fused-ring (bicyclic) bond motifs is 1. The Bertz CT molecular complexity index is 671. The second-order valence-corrected chi connectivity index (χ2v) is 7.79. The number of hydrogen-bond donors (Lipinski definition) is 1. The molecule has 1 saturated carbocycles. The fraction of sp³-hybridized carbons (Fsp3) is 0.500. The largest absolute Gasteiger partial charge is 0.494 e. The first-order valence-corrected chi connectivity index (χ1v) is 8.36. The van der Waals surface area contributed by atoms with E-state index in [9.17, 15) is 13.2 Å². The molecule has 21 heavy (non-hydrogen) atoms. The monoisotopic (exact) mass is 310 g/mol. The lowest BCUT2D eigenvalue weighted by Gasteiger charge is -2.17. The molecule has 0 bridgehead atoms. The molecule has 1 saturated heterocycles. The van der Waals surface area contributed by atoms with E-state index in [0.717, 1.165) is 0 Å². The molecule has 6 nitrogen and oxygen atoms in total. The van der Waals surface area contributed by atoms with Crippen LogP contribution < -0.4 is 10.1 Å². The molecule has 7 heteroatoms. The lowest BCUT2D eigenvalue weighted by molar-refractivity contribution is -0.116. The predicted molar refractivity (Wildman–Crippen MR) is 78.6 cm³/mol. The van der Waals surface area contributed by atoms with Crippen LogP contribution in [0.4, 0.5) is 5.69 Å². The van der Waals surface area contributed by atoms with E-state index in [1.807, 2.05) is 6.92 Å². The second kappa shape index (κ2) is 4.71. The number of hydrogen-bond acceptors (Lipinski definition) is 4. The van der Waals surface area contributed by atoms with Crippen LogP contribution >= 0.6 is 0 Å². The Kier molecular flexibility index (Phi) is 3.22. The van der Waals surface area contributed by atoms with E-state index in [-0.39, 0.29) is 5.92 Å². The minimum atomic E-state index is -3.53. The van der Waals surface area contributed by atoms with E-state index in [1.165, 1.54) is 11.4 Å². The van der Waals surface area contributed by atoms with E-state index in [0.29, 0.717) is 31.0 Å². The van der Waals surface area contributed by atoms with Gasteiger partial charge in [0.05, 0.1) is 6.61 Å². The zero-order chi connectivity index (χ0) is 15.3. The number of amides is 1. The van der Waals surface area contributed by atoms with Gasteiger partial charge in [-0.25, -0.2) is 12.7 Å². The molecule has 3 rings (SSSR count). The smallest absolute Gasteiger partial charge is 0.247 e. The Hall–Kier alpha value is -1.60. The molecule has 1 aliphatic heterocycles. The molecule has 114 valence electrons. The van der Waals surface area contributed by atoms with Crippen molar-refractivity contribution >= 4 is 21.6 Å². The van der Waals surface area contributed by atoms with Gasteiger partial charge >= 0.3 is 0 Å². The number of ether oxygens (including phenoxy) is 1. The Balaban J connectivity index is 1.76. The van der Waals surface area contributed by atoms with Crippen LogP contribution in [-0.4, -0.2) is 43.6 Å². The maximum absolute atomic E-state index is 12.4. The molecule has 1 aromatic carbocycles. The summed E-state index contributed by atoms with van der Waals surface area (Å²) in [7, 11) is -2.01. The first-order valence-electron chi connectivity index (χ1n) is 6.92. The average molecular weight is 310 g/mol. The maximum Gasteiger partial charge on any atom is 0.247 e. The molecule has 0 unspecified atom stereocenters. The number of nitrogens with one attached hydrogen (secondary N) is 1. The van der Waals surface area contributed by atoms with Crippen LogP contribution in [0.15, 0.2) is 24.3 Å². The van der Waals surface area contributed by atoms with Crippen LogP contribution in [0.1, 0.15) is 13.3 Å². The quantitative estimate of drug-likeness (QED) is 0.902.